The summed E-state index contributed by atoms with van der Waals surface area (Å²) in [5.74, 6) is -0.148. The van der Waals surface area contributed by atoms with Crippen LogP contribution in [0.25, 0.3) is 0 Å². The Morgan fingerprint density at radius 3 is 2.54 bits per heavy atom. The van der Waals surface area contributed by atoms with Gasteiger partial charge in [-0.25, -0.2) is 4.79 Å². The van der Waals surface area contributed by atoms with E-state index in [2.05, 4.69) is 21.2 Å². The number of rotatable bonds is 7. The molecule has 0 bridgehead atoms. The van der Waals surface area contributed by atoms with Crippen LogP contribution in [0, 0.1) is 6.92 Å². The summed E-state index contributed by atoms with van der Waals surface area (Å²) in [6.07, 6.45) is 0. The van der Waals surface area contributed by atoms with Crippen LogP contribution in [0.4, 0.5) is 5.69 Å². The molecule has 6 heteroatoms. The molecule has 0 aliphatic heterocycles. The lowest BCUT2D eigenvalue weighted by Gasteiger charge is -2.15. The third kappa shape index (κ3) is 5.27. The molecule has 0 aliphatic rings. The molecule has 0 heterocycles. The average Bonchev–Trinajstić information content (AvgIpc) is 2.67. The number of ether oxygens (including phenoxy) is 1. The van der Waals surface area contributed by atoms with Crippen LogP contribution in [0.3, 0.4) is 0 Å². The number of benzene rings is 3. The van der Waals surface area contributed by atoms with Crippen molar-refractivity contribution in [3.8, 4) is 5.75 Å². The van der Waals surface area contributed by atoms with Crippen molar-refractivity contribution in [2.75, 3.05) is 5.32 Å². The molecule has 3 aromatic rings. The Morgan fingerprint density at radius 1 is 1.11 bits per heavy atom. The quantitative estimate of drug-likeness (QED) is 0.434. The van der Waals surface area contributed by atoms with E-state index in [9.17, 15) is 4.79 Å². The van der Waals surface area contributed by atoms with Gasteiger partial charge in [0.25, 0.3) is 0 Å². The van der Waals surface area contributed by atoms with E-state index in [1.807, 2.05) is 49.4 Å². The second-order valence-electron chi connectivity index (χ2n) is 6.36. The van der Waals surface area contributed by atoms with Crippen LogP contribution >= 0.6 is 27.5 Å². The Labute approximate surface area is 177 Å². The number of carboxylic acid groups (broad SMARTS) is 1. The molecule has 0 amide bonds. The normalized spacial score (nSPS) is 10.5. The Hall–Kier alpha value is -2.50. The Bertz CT molecular complexity index is 990. The maximum absolute atomic E-state index is 11.1. The van der Waals surface area contributed by atoms with Gasteiger partial charge in [0, 0.05) is 27.3 Å². The van der Waals surface area contributed by atoms with Crippen LogP contribution in [0.15, 0.2) is 65.1 Å². The fourth-order valence-corrected chi connectivity index (χ4v) is 3.29. The largest absolute Gasteiger partial charge is 0.489 e. The molecular weight excluding hydrogens is 442 g/mol. The molecule has 4 nitrogen and oxygen atoms in total. The molecule has 0 fully saturated rings. The molecule has 0 atom stereocenters. The molecule has 0 radical (unpaired) electrons. The number of aryl methyl sites for hydroxylation is 1. The maximum Gasteiger partial charge on any atom is 0.335 e. The van der Waals surface area contributed by atoms with E-state index in [4.69, 9.17) is 21.4 Å². The van der Waals surface area contributed by atoms with E-state index in [1.54, 1.807) is 18.2 Å². The van der Waals surface area contributed by atoms with E-state index in [-0.39, 0.29) is 5.56 Å². The van der Waals surface area contributed by atoms with E-state index < -0.39 is 5.97 Å². The highest BCUT2D eigenvalue weighted by Crippen LogP contribution is 2.26. The van der Waals surface area contributed by atoms with Crippen LogP contribution in [-0.4, -0.2) is 11.1 Å². The Kier molecular flexibility index (Phi) is 6.60. The summed E-state index contributed by atoms with van der Waals surface area (Å²) in [5, 5.41) is 13.1. The van der Waals surface area contributed by atoms with Gasteiger partial charge in [-0.1, -0.05) is 39.7 Å². The zero-order chi connectivity index (χ0) is 20.1. The third-order valence-electron chi connectivity index (χ3n) is 4.27. The van der Waals surface area contributed by atoms with E-state index in [0.717, 1.165) is 32.6 Å². The second-order valence-corrected chi connectivity index (χ2v) is 7.71. The third-order valence-corrected chi connectivity index (χ3v) is 5.02. The van der Waals surface area contributed by atoms with Gasteiger partial charge in [-0.3, -0.25) is 0 Å². The number of carbonyl (C=O) groups is 1. The predicted molar refractivity (Wildman–Crippen MR) is 115 cm³/mol. The molecule has 0 spiro atoms. The lowest BCUT2D eigenvalue weighted by molar-refractivity contribution is 0.0697. The SMILES string of the molecule is Cc1cc(C(=O)O)ccc1NCc1cc(Br)ccc1OCc1ccc(Cl)cc1. The predicted octanol–water partition coefficient (Wildman–Crippen LogP) is 6.30. The standard InChI is InChI=1S/C22H19BrClNO3/c1-14-10-16(22(26)27)4-8-20(14)25-12-17-11-18(23)5-9-21(17)28-13-15-2-6-19(24)7-3-15/h2-11,25H,12-13H2,1H3,(H,26,27). The van der Waals surface area contributed by atoms with Gasteiger partial charge in [0.15, 0.2) is 0 Å². The van der Waals surface area contributed by atoms with Crippen molar-refractivity contribution in [3.63, 3.8) is 0 Å². The fourth-order valence-electron chi connectivity index (χ4n) is 2.75. The minimum absolute atomic E-state index is 0.275. The lowest BCUT2D eigenvalue weighted by Crippen LogP contribution is -2.06. The van der Waals surface area contributed by atoms with Crippen LogP contribution in [0.5, 0.6) is 5.75 Å². The molecule has 144 valence electrons. The Morgan fingerprint density at radius 2 is 1.86 bits per heavy atom. The second kappa shape index (κ2) is 9.13. The number of carboxylic acids is 1. The van der Waals surface area contributed by atoms with Gasteiger partial charge in [0.1, 0.15) is 12.4 Å². The first-order valence-electron chi connectivity index (χ1n) is 8.66. The van der Waals surface area contributed by atoms with Gasteiger partial charge < -0.3 is 15.2 Å². The smallest absolute Gasteiger partial charge is 0.335 e. The molecule has 0 aromatic heterocycles. The van der Waals surface area contributed by atoms with E-state index in [0.29, 0.717) is 18.2 Å². The van der Waals surface area contributed by atoms with Crippen molar-refractivity contribution >= 4 is 39.2 Å². The summed E-state index contributed by atoms with van der Waals surface area (Å²) in [7, 11) is 0. The number of aromatic carboxylic acids is 1. The first-order chi connectivity index (χ1) is 13.4. The van der Waals surface area contributed by atoms with Crippen molar-refractivity contribution in [2.45, 2.75) is 20.1 Å². The minimum Gasteiger partial charge on any atom is -0.489 e. The van der Waals surface area contributed by atoms with E-state index >= 15 is 0 Å². The highest BCUT2D eigenvalue weighted by Gasteiger charge is 2.09. The van der Waals surface area contributed by atoms with Crippen LogP contribution in [0.1, 0.15) is 27.0 Å². The zero-order valence-electron chi connectivity index (χ0n) is 15.2. The van der Waals surface area contributed by atoms with Crippen LogP contribution < -0.4 is 10.1 Å². The summed E-state index contributed by atoms with van der Waals surface area (Å²) >= 11 is 9.43. The monoisotopic (exact) mass is 459 g/mol. The van der Waals surface area contributed by atoms with Crippen molar-refractivity contribution in [2.24, 2.45) is 0 Å². The summed E-state index contributed by atoms with van der Waals surface area (Å²) < 4.78 is 6.97. The highest BCUT2D eigenvalue weighted by atomic mass is 79.9. The number of hydrogen-bond acceptors (Lipinski definition) is 3. The molecule has 28 heavy (non-hydrogen) atoms. The lowest BCUT2D eigenvalue weighted by atomic mass is 10.1. The molecule has 2 N–H and O–H groups in total. The summed E-state index contributed by atoms with van der Waals surface area (Å²) in [4.78, 5) is 11.1. The number of nitrogens with one attached hydrogen (secondary N) is 1. The molecule has 0 unspecified atom stereocenters. The fraction of sp³-hybridized carbons (Fsp3) is 0.136. The average molecular weight is 461 g/mol. The van der Waals surface area contributed by atoms with E-state index in [1.165, 1.54) is 0 Å². The first kappa shape index (κ1) is 20.2. The minimum atomic E-state index is -0.931. The van der Waals surface area contributed by atoms with Gasteiger partial charge in [-0.05, 0) is 66.6 Å². The van der Waals surface area contributed by atoms with Gasteiger partial charge in [0.05, 0.1) is 5.56 Å². The topological polar surface area (TPSA) is 58.6 Å². The van der Waals surface area contributed by atoms with Gasteiger partial charge >= 0.3 is 5.97 Å². The molecule has 0 saturated carbocycles. The molecule has 3 aromatic carbocycles. The molecule has 3 rings (SSSR count). The Balaban J connectivity index is 1.72. The van der Waals surface area contributed by atoms with Crippen molar-refractivity contribution in [1.82, 2.24) is 0 Å². The first-order valence-corrected chi connectivity index (χ1v) is 9.83. The van der Waals surface area contributed by atoms with Gasteiger partial charge in [-0.15, -0.1) is 0 Å². The van der Waals surface area contributed by atoms with Crippen LogP contribution in [0.2, 0.25) is 5.02 Å². The number of halogens is 2. The zero-order valence-corrected chi connectivity index (χ0v) is 17.5. The molecule has 0 aliphatic carbocycles. The molecule has 0 saturated heterocycles. The summed E-state index contributed by atoms with van der Waals surface area (Å²) in [6, 6.07) is 18.5. The molecular formula is C22H19BrClNO3. The summed E-state index contributed by atoms with van der Waals surface area (Å²) in [6.45, 7) is 2.87. The van der Waals surface area contributed by atoms with Crippen molar-refractivity contribution in [3.05, 3.63) is 92.4 Å². The number of hydrogen-bond donors (Lipinski definition) is 2. The van der Waals surface area contributed by atoms with Crippen molar-refractivity contribution < 1.29 is 14.6 Å². The van der Waals surface area contributed by atoms with Gasteiger partial charge in [0.2, 0.25) is 0 Å². The summed E-state index contributed by atoms with van der Waals surface area (Å²) in [5.41, 5.74) is 4.06. The van der Waals surface area contributed by atoms with Crippen molar-refractivity contribution in [1.29, 1.82) is 0 Å². The highest BCUT2D eigenvalue weighted by molar-refractivity contribution is 9.10. The number of anilines is 1. The van der Waals surface area contributed by atoms with Crippen LogP contribution in [-0.2, 0) is 13.2 Å². The maximum atomic E-state index is 11.1. The van der Waals surface area contributed by atoms with Gasteiger partial charge in [-0.2, -0.15) is 0 Å².